The molecule has 21 heavy (non-hydrogen) atoms. The molecule has 7 heteroatoms. The zero-order chi connectivity index (χ0) is 15.6. The highest BCUT2D eigenvalue weighted by Gasteiger charge is 2.18. The van der Waals surface area contributed by atoms with Crippen molar-refractivity contribution in [3.63, 3.8) is 0 Å². The molecule has 1 aromatic heterocycles. The lowest BCUT2D eigenvalue weighted by atomic mass is 10.1. The van der Waals surface area contributed by atoms with Crippen LogP contribution < -0.4 is 0 Å². The van der Waals surface area contributed by atoms with Gasteiger partial charge in [-0.2, -0.15) is 5.10 Å². The number of non-ortho nitro benzene ring substituents is 1. The number of halogens is 1. The van der Waals surface area contributed by atoms with E-state index >= 15 is 0 Å². The summed E-state index contributed by atoms with van der Waals surface area (Å²) in [6.07, 6.45) is 0.704. The monoisotopic (exact) mass is 309 g/mol. The van der Waals surface area contributed by atoms with Gasteiger partial charge in [-0.05, 0) is 24.5 Å². The van der Waals surface area contributed by atoms with Gasteiger partial charge in [0.2, 0.25) is 0 Å². The molecule has 1 aromatic carbocycles. The summed E-state index contributed by atoms with van der Waals surface area (Å²) in [5.41, 5.74) is 1.97. The van der Waals surface area contributed by atoms with E-state index in [2.05, 4.69) is 18.9 Å². The number of hydrogen-bond donors (Lipinski definition) is 1. The van der Waals surface area contributed by atoms with Gasteiger partial charge in [0, 0.05) is 17.7 Å². The molecular weight excluding hydrogens is 294 g/mol. The lowest BCUT2D eigenvalue weighted by Crippen LogP contribution is -2.00. The zero-order valence-electron chi connectivity index (χ0n) is 11.8. The molecule has 1 N–H and O–H groups in total. The minimum absolute atomic E-state index is 0.00631. The number of aromatic nitrogens is 2. The van der Waals surface area contributed by atoms with Gasteiger partial charge in [0.25, 0.3) is 5.69 Å². The van der Waals surface area contributed by atoms with Crippen LogP contribution in [0.25, 0.3) is 5.69 Å². The maximum Gasteiger partial charge on any atom is 0.269 e. The van der Waals surface area contributed by atoms with Gasteiger partial charge in [-0.1, -0.05) is 25.4 Å². The normalized spacial score (nSPS) is 11.1. The Balaban J connectivity index is 2.43. The molecule has 0 aliphatic heterocycles. The van der Waals surface area contributed by atoms with Gasteiger partial charge in [0.1, 0.15) is 5.15 Å². The Morgan fingerprint density at radius 2 is 2.00 bits per heavy atom. The molecule has 0 fully saturated rings. The highest BCUT2D eigenvalue weighted by molar-refractivity contribution is 6.30. The summed E-state index contributed by atoms with van der Waals surface area (Å²) in [5.74, 6) is 0.381. The van der Waals surface area contributed by atoms with Crippen LogP contribution in [0.4, 0.5) is 5.69 Å². The van der Waals surface area contributed by atoms with Crippen molar-refractivity contribution in [3.05, 3.63) is 50.8 Å². The highest BCUT2D eigenvalue weighted by Crippen LogP contribution is 2.26. The Morgan fingerprint density at radius 3 is 2.48 bits per heavy atom. The molecule has 0 amide bonds. The maximum absolute atomic E-state index is 10.7. The van der Waals surface area contributed by atoms with E-state index in [0.717, 1.165) is 5.69 Å². The van der Waals surface area contributed by atoms with E-state index in [-0.39, 0.29) is 12.3 Å². The summed E-state index contributed by atoms with van der Waals surface area (Å²) in [6.45, 7) is 3.92. The summed E-state index contributed by atoms with van der Waals surface area (Å²) < 4.78 is 1.49. The Kier molecular flexibility index (Phi) is 4.59. The SMILES string of the molecule is CC(C)Cc1nn(-c2ccc([N+](=O)[O-])cc2)c(Cl)c1CO. The van der Waals surface area contributed by atoms with Crippen LogP contribution in [-0.2, 0) is 13.0 Å². The molecule has 2 aromatic rings. The number of nitro groups is 1. The molecule has 0 aliphatic carbocycles. The van der Waals surface area contributed by atoms with Gasteiger partial charge >= 0.3 is 0 Å². The van der Waals surface area contributed by atoms with E-state index in [9.17, 15) is 15.2 Å². The van der Waals surface area contributed by atoms with Crippen LogP contribution in [0.3, 0.4) is 0 Å². The third-order valence-corrected chi connectivity index (χ3v) is 3.46. The summed E-state index contributed by atoms with van der Waals surface area (Å²) >= 11 is 6.26. The smallest absolute Gasteiger partial charge is 0.269 e. The van der Waals surface area contributed by atoms with Crippen LogP contribution in [0.15, 0.2) is 24.3 Å². The Hall–Kier alpha value is -1.92. The number of rotatable bonds is 5. The largest absolute Gasteiger partial charge is 0.391 e. The van der Waals surface area contributed by atoms with E-state index in [1.54, 1.807) is 12.1 Å². The molecule has 0 spiro atoms. The van der Waals surface area contributed by atoms with Gasteiger partial charge in [-0.25, -0.2) is 4.68 Å². The first-order valence-corrected chi connectivity index (χ1v) is 6.93. The molecule has 0 saturated carbocycles. The fraction of sp³-hybridized carbons (Fsp3) is 0.357. The Bertz CT molecular complexity index is 650. The van der Waals surface area contributed by atoms with Crippen molar-refractivity contribution in [2.24, 2.45) is 5.92 Å². The van der Waals surface area contributed by atoms with Gasteiger partial charge in [0.05, 0.1) is 22.9 Å². The van der Waals surface area contributed by atoms with E-state index in [0.29, 0.717) is 28.7 Å². The lowest BCUT2D eigenvalue weighted by molar-refractivity contribution is -0.384. The molecule has 0 unspecified atom stereocenters. The molecule has 6 nitrogen and oxygen atoms in total. The molecular formula is C14H16ClN3O3. The summed E-state index contributed by atoms with van der Waals surface area (Å²) in [5, 5.41) is 24.9. The fourth-order valence-electron chi connectivity index (χ4n) is 2.07. The van der Waals surface area contributed by atoms with Crippen molar-refractivity contribution in [1.29, 1.82) is 0 Å². The van der Waals surface area contributed by atoms with Crippen molar-refractivity contribution in [1.82, 2.24) is 9.78 Å². The van der Waals surface area contributed by atoms with E-state index in [4.69, 9.17) is 11.6 Å². The van der Waals surface area contributed by atoms with Crippen LogP contribution in [0, 0.1) is 16.0 Å². The quantitative estimate of drug-likeness (QED) is 0.679. The summed E-state index contributed by atoms with van der Waals surface area (Å²) in [6, 6.07) is 5.96. The first-order chi connectivity index (χ1) is 9.93. The van der Waals surface area contributed by atoms with E-state index in [1.165, 1.54) is 16.8 Å². The van der Waals surface area contributed by atoms with Crippen LogP contribution in [-0.4, -0.2) is 19.8 Å². The second kappa shape index (κ2) is 6.24. The molecule has 0 saturated heterocycles. The second-order valence-corrected chi connectivity index (χ2v) is 5.52. The molecule has 2 rings (SSSR count). The number of nitrogens with zero attached hydrogens (tertiary/aromatic N) is 3. The number of benzene rings is 1. The van der Waals surface area contributed by atoms with Gasteiger partial charge in [0.15, 0.2) is 0 Å². The van der Waals surface area contributed by atoms with Crippen LogP contribution in [0.1, 0.15) is 25.1 Å². The average molecular weight is 310 g/mol. The van der Waals surface area contributed by atoms with E-state index in [1.807, 2.05) is 0 Å². The van der Waals surface area contributed by atoms with E-state index < -0.39 is 4.92 Å². The van der Waals surface area contributed by atoms with Crippen molar-refractivity contribution in [3.8, 4) is 5.69 Å². The lowest BCUT2D eigenvalue weighted by Gasteiger charge is -2.03. The van der Waals surface area contributed by atoms with Crippen LogP contribution in [0.5, 0.6) is 0 Å². The summed E-state index contributed by atoms with van der Waals surface area (Å²) in [4.78, 5) is 10.2. The highest BCUT2D eigenvalue weighted by atomic mass is 35.5. The standard InChI is InChI=1S/C14H16ClN3O3/c1-9(2)7-13-12(8-19)14(15)17(16-13)10-3-5-11(6-4-10)18(20)21/h3-6,9,19H,7-8H2,1-2H3. The van der Waals surface area contributed by atoms with Gasteiger partial charge < -0.3 is 5.11 Å². The maximum atomic E-state index is 10.7. The predicted octanol–water partition coefficient (Wildman–Crippen LogP) is 3.12. The average Bonchev–Trinajstić information content (AvgIpc) is 2.74. The number of hydrogen-bond acceptors (Lipinski definition) is 4. The molecule has 0 bridgehead atoms. The number of aliphatic hydroxyl groups excluding tert-OH is 1. The minimum Gasteiger partial charge on any atom is -0.391 e. The van der Waals surface area contributed by atoms with Gasteiger partial charge in [-0.15, -0.1) is 0 Å². The predicted molar refractivity (Wildman–Crippen MR) is 79.7 cm³/mol. The van der Waals surface area contributed by atoms with Crippen molar-refractivity contribution in [2.75, 3.05) is 0 Å². The fourth-order valence-corrected chi connectivity index (χ4v) is 2.37. The number of aliphatic hydroxyl groups is 1. The molecule has 112 valence electrons. The van der Waals surface area contributed by atoms with Crippen LogP contribution >= 0.6 is 11.6 Å². The second-order valence-electron chi connectivity index (χ2n) is 5.16. The third-order valence-electron chi connectivity index (χ3n) is 3.07. The minimum atomic E-state index is -0.460. The molecule has 0 radical (unpaired) electrons. The summed E-state index contributed by atoms with van der Waals surface area (Å²) in [7, 11) is 0. The first-order valence-electron chi connectivity index (χ1n) is 6.56. The molecule has 1 heterocycles. The van der Waals surface area contributed by atoms with Crippen molar-refractivity contribution in [2.45, 2.75) is 26.9 Å². The first kappa shape index (κ1) is 15.5. The van der Waals surface area contributed by atoms with Crippen molar-refractivity contribution < 1.29 is 10.0 Å². The molecule has 0 aliphatic rings. The zero-order valence-corrected chi connectivity index (χ0v) is 12.5. The van der Waals surface area contributed by atoms with Gasteiger partial charge in [-0.3, -0.25) is 10.1 Å². The Morgan fingerprint density at radius 1 is 1.38 bits per heavy atom. The number of nitro benzene ring substituents is 1. The van der Waals surface area contributed by atoms with Crippen LogP contribution in [0.2, 0.25) is 5.15 Å². The molecule has 0 atom stereocenters. The Labute approximate surface area is 127 Å². The topological polar surface area (TPSA) is 81.2 Å². The van der Waals surface area contributed by atoms with Crippen molar-refractivity contribution >= 4 is 17.3 Å². The third kappa shape index (κ3) is 3.22.